The Hall–Kier alpha value is -1.17. The van der Waals surface area contributed by atoms with Crippen LogP contribution in [0.5, 0.6) is 0 Å². The summed E-state index contributed by atoms with van der Waals surface area (Å²) in [6, 6.07) is 4.97. The van der Waals surface area contributed by atoms with Crippen LogP contribution in [0.25, 0.3) is 0 Å². The first-order chi connectivity index (χ1) is 8.06. The van der Waals surface area contributed by atoms with E-state index in [0.29, 0.717) is 10.0 Å². The van der Waals surface area contributed by atoms with Gasteiger partial charge in [0.2, 0.25) is 0 Å². The highest BCUT2D eigenvalue weighted by molar-refractivity contribution is 6.42. The molecule has 1 saturated heterocycles. The highest BCUT2D eigenvalue weighted by atomic mass is 35.5. The SMILES string of the molecule is CC1NNC(=O)NC1Nc1ccc(Cl)c(Cl)c1. The molecule has 0 bridgehead atoms. The van der Waals surface area contributed by atoms with Crippen LogP contribution in [0.15, 0.2) is 18.2 Å². The molecule has 0 aliphatic carbocycles. The number of hydrogen-bond acceptors (Lipinski definition) is 3. The molecule has 2 unspecified atom stereocenters. The van der Waals surface area contributed by atoms with Crippen LogP contribution in [0.4, 0.5) is 10.5 Å². The lowest BCUT2D eigenvalue weighted by Gasteiger charge is -2.32. The second-order valence-corrected chi connectivity index (χ2v) is 4.60. The topological polar surface area (TPSA) is 65.2 Å². The van der Waals surface area contributed by atoms with Crippen molar-refractivity contribution < 1.29 is 4.79 Å². The molecule has 1 heterocycles. The third kappa shape index (κ3) is 2.94. The van der Waals surface area contributed by atoms with Gasteiger partial charge < -0.3 is 10.6 Å². The van der Waals surface area contributed by atoms with E-state index in [1.54, 1.807) is 18.2 Å². The van der Waals surface area contributed by atoms with Crippen LogP contribution in [-0.2, 0) is 0 Å². The Balaban J connectivity index is 2.08. The van der Waals surface area contributed by atoms with E-state index in [1.807, 2.05) is 6.92 Å². The molecule has 0 radical (unpaired) electrons. The van der Waals surface area contributed by atoms with Gasteiger partial charge in [0.1, 0.15) is 6.17 Å². The molecule has 92 valence electrons. The molecule has 2 rings (SSSR count). The molecule has 4 N–H and O–H groups in total. The number of amides is 2. The lowest BCUT2D eigenvalue weighted by atomic mass is 10.2. The molecular weight excluding hydrogens is 263 g/mol. The maximum absolute atomic E-state index is 11.2. The average molecular weight is 275 g/mol. The largest absolute Gasteiger partial charge is 0.364 e. The average Bonchev–Trinajstić information content (AvgIpc) is 2.29. The lowest BCUT2D eigenvalue weighted by molar-refractivity contribution is 0.214. The van der Waals surface area contributed by atoms with Crippen molar-refractivity contribution in [3.05, 3.63) is 28.2 Å². The minimum Gasteiger partial charge on any atom is -0.364 e. The summed E-state index contributed by atoms with van der Waals surface area (Å²) in [7, 11) is 0. The third-order valence-electron chi connectivity index (χ3n) is 2.44. The van der Waals surface area contributed by atoms with Crippen LogP contribution in [0, 0.1) is 0 Å². The zero-order valence-electron chi connectivity index (χ0n) is 9.05. The Morgan fingerprint density at radius 3 is 2.76 bits per heavy atom. The predicted octanol–water partition coefficient (Wildman–Crippen LogP) is 1.94. The maximum atomic E-state index is 11.2. The summed E-state index contributed by atoms with van der Waals surface area (Å²) in [6.07, 6.45) is -0.221. The molecule has 17 heavy (non-hydrogen) atoms. The highest BCUT2D eigenvalue weighted by Crippen LogP contribution is 2.25. The van der Waals surface area contributed by atoms with Crippen LogP contribution in [0.1, 0.15) is 6.92 Å². The Kier molecular flexibility index (Phi) is 3.61. The Labute approximate surface area is 109 Å². The Morgan fingerprint density at radius 1 is 1.29 bits per heavy atom. The molecule has 5 nitrogen and oxygen atoms in total. The van der Waals surface area contributed by atoms with Crippen molar-refractivity contribution in [2.45, 2.75) is 19.1 Å². The van der Waals surface area contributed by atoms with Crippen LogP contribution >= 0.6 is 23.2 Å². The number of hydrazine groups is 1. The quantitative estimate of drug-likeness (QED) is 0.667. The van der Waals surface area contributed by atoms with Gasteiger partial charge in [-0.1, -0.05) is 23.2 Å². The van der Waals surface area contributed by atoms with E-state index < -0.39 is 0 Å². The van der Waals surface area contributed by atoms with E-state index >= 15 is 0 Å². The second kappa shape index (κ2) is 5.00. The van der Waals surface area contributed by atoms with E-state index in [2.05, 4.69) is 21.5 Å². The number of benzene rings is 1. The summed E-state index contributed by atoms with van der Waals surface area (Å²) in [6.45, 7) is 1.93. The van der Waals surface area contributed by atoms with Crippen LogP contribution < -0.4 is 21.5 Å². The smallest absolute Gasteiger partial charge is 0.330 e. The molecule has 0 spiro atoms. The number of carbonyl (C=O) groups is 1. The van der Waals surface area contributed by atoms with Gasteiger partial charge in [-0.25, -0.2) is 10.2 Å². The zero-order valence-corrected chi connectivity index (χ0v) is 10.6. The number of urea groups is 1. The number of nitrogens with one attached hydrogen (secondary N) is 4. The van der Waals surface area contributed by atoms with Gasteiger partial charge in [-0.3, -0.25) is 5.43 Å². The lowest BCUT2D eigenvalue weighted by Crippen LogP contribution is -2.65. The van der Waals surface area contributed by atoms with Crippen molar-refractivity contribution in [2.24, 2.45) is 0 Å². The summed E-state index contributed by atoms with van der Waals surface area (Å²) in [5, 5.41) is 6.87. The number of anilines is 1. The minimum atomic E-state index is -0.277. The molecule has 7 heteroatoms. The van der Waals surface area contributed by atoms with Gasteiger partial charge >= 0.3 is 6.03 Å². The van der Waals surface area contributed by atoms with E-state index in [4.69, 9.17) is 23.2 Å². The summed E-state index contributed by atoms with van der Waals surface area (Å²) in [5.41, 5.74) is 6.12. The minimum absolute atomic E-state index is 0.0298. The van der Waals surface area contributed by atoms with E-state index in [0.717, 1.165) is 5.69 Å². The molecule has 0 aromatic heterocycles. The van der Waals surface area contributed by atoms with Crippen molar-refractivity contribution >= 4 is 34.9 Å². The summed E-state index contributed by atoms with van der Waals surface area (Å²) >= 11 is 11.7. The van der Waals surface area contributed by atoms with Crippen molar-refractivity contribution in [1.82, 2.24) is 16.2 Å². The predicted molar refractivity (Wildman–Crippen MR) is 68.1 cm³/mol. The first-order valence-corrected chi connectivity index (χ1v) is 5.85. The highest BCUT2D eigenvalue weighted by Gasteiger charge is 2.24. The van der Waals surface area contributed by atoms with Gasteiger partial charge in [-0.2, -0.15) is 0 Å². The second-order valence-electron chi connectivity index (χ2n) is 3.78. The van der Waals surface area contributed by atoms with Gasteiger partial charge in [0.25, 0.3) is 0 Å². The van der Waals surface area contributed by atoms with Crippen molar-refractivity contribution in [2.75, 3.05) is 5.32 Å². The van der Waals surface area contributed by atoms with E-state index in [1.165, 1.54) is 0 Å². The number of carbonyl (C=O) groups excluding carboxylic acids is 1. The normalized spacial score (nSPS) is 23.8. The first kappa shape index (κ1) is 12.3. The fraction of sp³-hybridized carbons (Fsp3) is 0.300. The van der Waals surface area contributed by atoms with E-state index in [9.17, 15) is 4.79 Å². The molecule has 0 saturated carbocycles. The van der Waals surface area contributed by atoms with Crippen LogP contribution in [0.2, 0.25) is 10.0 Å². The van der Waals surface area contributed by atoms with Crippen LogP contribution in [0.3, 0.4) is 0 Å². The summed E-state index contributed by atoms with van der Waals surface area (Å²) in [5.74, 6) is 0. The Bertz CT molecular complexity index is 440. The van der Waals surface area contributed by atoms with Crippen molar-refractivity contribution in [3.63, 3.8) is 0 Å². The van der Waals surface area contributed by atoms with Gasteiger partial charge in [-0.05, 0) is 25.1 Å². The van der Waals surface area contributed by atoms with Gasteiger partial charge in [0.05, 0.1) is 16.1 Å². The fourth-order valence-electron chi connectivity index (χ4n) is 1.49. The number of hydrogen-bond donors (Lipinski definition) is 4. The van der Waals surface area contributed by atoms with E-state index in [-0.39, 0.29) is 18.2 Å². The maximum Gasteiger partial charge on any atom is 0.330 e. The number of rotatable bonds is 2. The fourth-order valence-corrected chi connectivity index (χ4v) is 1.79. The van der Waals surface area contributed by atoms with Crippen molar-refractivity contribution in [1.29, 1.82) is 0 Å². The molecule has 2 atom stereocenters. The Morgan fingerprint density at radius 2 is 2.06 bits per heavy atom. The molecular formula is C10H12Cl2N4O. The molecule has 1 fully saturated rings. The summed E-state index contributed by atoms with van der Waals surface area (Å²) in [4.78, 5) is 11.2. The van der Waals surface area contributed by atoms with Crippen LogP contribution in [-0.4, -0.2) is 18.2 Å². The monoisotopic (exact) mass is 274 g/mol. The molecule has 1 aromatic carbocycles. The van der Waals surface area contributed by atoms with Gasteiger partial charge in [0, 0.05) is 5.69 Å². The summed E-state index contributed by atoms with van der Waals surface area (Å²) < 4.78 is 0. The number of halogens is 2. The zero-order chi connectivity index (χ0) is 12.4. The molecule has 1 aliphatic rings. The first-order valence-electron chi connectivity index (χ1n) is 5.10. The third-order valence-corrected chi connectivity index (χ3v) is 3.18. The van der Waals surface area contributed by atoms with Gasteiger partial charge in [-0.15, -0.1) is 0 Å². The standard InChI is InChI=1S/C10H12Cl2N4O/c1-5-9(14-10(17)16-15-5)13-6-2-3-7(11)8(12)4-6/h2-5,9,13,15H,1H3,(H2,14,16,17). The molecule has 1 aromatic rings. The molecule has 1 aliphatic heterocycles. The van der Waals surface area contributed by atoms with Gasteiger partial charge in [0.15, 0.2) is 0 Å². The van der Waals surface area contributed by atoms with Crippen molar-refractivity contribution in [3.8, 4) is 0 Å². The molecule has 2 amide bonds.